The Morgan fingerprint density at radius 2 is 1.47 bits per heavy atom. The summed E-state index contributed by atoms with van der Waals surface area (Å²) in [5.41, 5.74) is 6.09. The second kappa shape index (κ2) is 12.8. The number of rotatable bonds is 10. The van der Waals surface area contributed by atoms with E-state index in [1.807, 2.05) is 54.6 Å². The van der Waals surface area contributed by atoms with Crippen LogP contribution in [0, 0.1) is 11.8 Å². The summed E-state index contributed by atoms with van der Waals surface area (Å²) < 4.78 is 54.7. The van der Waals surface area contributed by atoms with Crippen LogP contribution in [0.2, 0.25) is 0 Å². The highest BCUT2D eigenvalue weighted by Gasteiger charge is 2.54. The molecule has 9 rings (SSSR count). The van der Waals surface area contributed by atoms with E-state index in [2.05, 4.69) is 36.1 Å². The molecule has 1 fully saturated rings. The topological polar surface area (TPSA) is 105 Å². The lowest BCUT2D eigenvalue weighted by Crippen LogP contribution is -2.35. The number of hydrogen-bond donors (Lipinski definition) is 0. The Morgan fingerprint density at radius 1 is 0.792 bits per heavy atom. The highest BCUT2D eigenvalue weighted by molar-refractivity contribution is 5.96. The third-order valence-corrected chi connectivity index (χ3v) is 10.7. The molecule has 0 radical (unpaired) electrons. The van der Waals surface area contributed by atoms with Gasteiger partial charge >= 0.3 is 5.97 Å². The van der Waals surface area contributed by atoms with Crippen molar-refractivity contribution in [3.8, 4) is 40.2 Å². The number of esters is 1. The zero-order chi connectivity index (χ0) is 36.4. The molecule has 1 saturated heterocycles. The van der Waals surface area contributed by atoms with E-state index >= 15 is 0 Å². The van der Waals surface area contributed by atoms with Crippen LogP contribution in [0.25, 0.3) is 16.5 Å². The van der Waals surface area contributed by atoms with Crippen LogP contribution < -0.4 is 33.2 Å². The van der Waals surface area contributed by atoms with Crippen molar-refractivity contribution in [2.45, 2.75) is 18.6 Å². The van der Waals surface area contributed by atoms with E-state index in [0.717, 1.165) is 50.2 Å². The molecule has 3 aliphatic heterocycles. The standard InChI is InChI=1S/C42H37NO10/c1-22(29-18-43(31-9-7-6-8-26(29)31)17-24-10-11-32-33(12-24)50-20-49-32)23(2)53-40-28-16-35-34(51-21-52-35)15-27(28)38(39-30(40)19-48-42(39)44)25-13-36(45-3)41(47-5)37(14-25)46-4/h6-16,18,30,38-40H,1-2,17,19-21H2,3-5H3/t30-,38+,39-,40+/m0/s1. The third-order valence-electron chi connectivity index (χ3n) is 10.7. The maximum atomic E-state index is 13.7. The first-order chi connectivity index (χ1) is 25.9. The molecule has 4 aliphatic rings. The van der Waals surface area contributed by atoms with E-state index in [9.17, 15) is 4.79 Å². The van der Waals surface area contributed by atoms with E-state index in [1.165, 1.54) is 0 Å². The van der Waals surface area contributed by atoms with Gasteiger partial charge in [0.2, 0.25) is 19.3 Å². The molecule has 53 heavy (non-hydrogen) atoms. The van der Waals surface area contributed by atoms with E-state index in [-0.39, 0.29) is 32.1 Å². The van der Waals surface area contributed by atoms with Gasteiger partial charge in [-0.1, -0.05) is 37.4 Å². The molecule has 1 aliphatic carbocycles. The van der Waals surface area contributed by atoms with Gasteiger partial charge in [0, 0.05) is 52.2 Å². The number of fused-ring (bicyclic) bond motifs is 5. The van der Waals surface area contributed by atoms with Crippen molar-refractivity contribution < 1.29 is 47.4 Å². The Balaban J connectivity index is 1.09. The molecule has 4 heterocycles. The highest BCUT2D eigenvalue weighted by Crippen LogP contribution is 2.57. The largest absolute Gasteiger partial charge is 0.493 e. The van der Waals surface area contributed by atoms with Crippen molar-refractivity contribution in [3.05, 3.63) is 120 Å². The molecule has 11 heteroatoms. The number of carbonyl (C=O) groups excluding carboxylic acids is 1. The molecule has 270 valence electrons. The number of allylic oxidation sites excluding steroid dienone is 1. The quantitative estimate of drug-likeness (QED) is 0.0826. The number of cyclic esters (lactones) is 1. The minimum atomic E-state index is -0.611. The fourth-order valence-electron chi connectivity index (χ4n) is 8.17. The third kappa shape index (κ3) is 5.29. The molecule has 5 aromatic rings. The van der Waals surface area contributed by atoms with Crippen molar-refractivity contribution in [2.75, 3.05) is 41.5 Å². The summed E-state index contributed by atoms with van der Waals surface area (Å²) >= 11 is 0. The summed E-state index contributed by atoms with van der Waals surface area (Å²) in [7, 11) is 4.69. The van der Waals surface area contributed by atoms with Gasteiger partial charge in [0.25, 0.3) is 0 Å². The lowest BCUT2D eigenvalue weighted by Gasteiger charge is -2.39. The number of carbonyl (C=O) groups is 1. The summed E-state index contributed by atoms with van der Waals surface area (Å²) in [5, 5.41) is 1.01. The average molecular weight is 716 g/mol. The van der Waals surface area contributed by atoms with Crippen LogP contribution >= 0.6 is 0 Å². The van der Waals surface area contributed by atoms with Gasteiger partial charge in [0.05, 0.1) is 33.9 Å². The van der Waals surface area contributed by atoms with Gasteiger partial charge in [-0.3, -0.25) is 4.79 Å². The summed E-state index contributed by atoms with van der Waals surface area (Å²) in [6, 6.07) is 21.8. The zero-order valence-electron chi connectivity index (χ0n) is 29.5. The average Bonchev–Trinajstić information content (AvgIpc) is 4.00. The summed E-state index contributed by atoms with van der Waals surface area (Å²) in [4.78, 5) is 13.7. The summed E-state index contributed by atoms with van der Waals surface area (Å²) in [6.07, 6.45) is 1.46. The molecule has 0 amide bonds. The van der Waals surface area contributed by atoms with Crippen molar-refractivity contribution in [1.29, 1.82) is 0 Å². The Kier molecular flexibility index (Phi) is 7.87. The molecule has 0 bridgehead atoms. The van der Waals surface area contributed by atoms with Gasteiger partial charge in [0.15, 0.2) is 34.5 Å². The minimum absolute atomic E-state index is 0.0906. The Labute approximate surface area is 305 Å². The number of methoxy groups -OCH3 is 3. The molecule has 0 unspecified atom stereocenters. The van der Waals surface area contributed by atoms with Gasteiger partial charge in [0.1, 0.15) is 11.9 Å². The smallest absolute Gasteiger partial charge is 0.310 e. The molecular weight excluding hydrogens is 678 g/mol. The monoisotopic (exact) mass is 715 g/mol. The number of para-hydroxylation sites is 1. The number of benzene rings is 4. The number of ether oxygens (including phenoxy) is 9. The molecule has 4 aromatic carbocycles. The van der Waals surface area contributed by atoms with E-state index < -0.39 is 17.9 Å². The molecule has 4 atom stereocenters. The maximum Gasteiger partial charge on any atom is 0.310 e. The van der Waals surface area contributed by atoms with Gasteiger partial charge in [-0.25, -0.2) is 0 Å². The molecule has 0 saturated carbocycles. The van der Waals surface area contributed by atoms with Crippen molar-refractivity contribution in [1.82, 2.24) is 4.57 Å². The maximum absolute atomic E-state index is 13.7. The lowest BCUT2D eigenvalue weighted by atomic mass is 9.66. The molecular formula is C42H37NO10. The van der Waals surface area contributed by atoms with Gasteiger partial charge in [-0.2, -0.15) is 0 Å². The van der Waals surface area contributed by atoms with Crippen molar-refractivity contribution in [3.63, 3.8) is 0 Å². The van der Waals surface area contributed by atoms with Gasteiger partial charge in [-0.05, 0) is 59.2 Å². The van der Waals surface area contributed by atoms with Crippen LogP contribution in [0.15, 0.2) is 91.8 Å². The second-order valence-electron chi connectivity index (χ2n) is 13.4. The molecule has 0 spiro atoms. The number of hydrogen-bond acceptors (Lipinski definition) is 10. The van der Waals surface area contributed by atoms with E-state index in [1.54, 1.807) is 21.3 Å². The number of nitrogens with zero attached hydrogens (tertiary/aromatic N) is 1. The summed E-state index contributed by atoms with van der Waals surface area (Å²) in [6.45, 7) is 9.96. The Bertz CT molecular complexity index is 2300. The molecule has 11 nitrogen and oxygen atoms in total. The van der Waals surface area contributed by atoms with Crippen molar-refractivity contribution >= 4 is 22.4 Å². The highest BCUT2D eigenvalue weighted by atomic mass is 16.7. The van der Waals surface area contributed by atoms with Crippen LogP contribution in [-0.2, 0) is 20.8 Å². The van der Waals surface area contributed by atoms with E-state index in [4.69, 9.17) is 42.6 Å². The SMILES string of the molecule is C=C(O[C@@H]1c2cc3c(cc2[C@@H](c2cc(OC)c(OC)c(OC)c2)[C@H]2C(=O)OC[C@@H]21)OCO3)C(=C)c1cn(Cc2ccc3c(c2)OCO3)c2ccccc12. The Hall–Kier alpha value is -6.23. The summed E-state index contributed by atoms with van der Waals surface area (Å²) in [5.74, 6) is 2.74. The number of aromatic nitrogens is 1. The lowest BCUT2D eigenvalue weighted by molar-refractivity contribution is -0.141. The van der Waals surface area contributed by atoms with Crippen LogP contribution in [0.5, 0.6) is 40.2 Å². The van der Waals surface area contributed by atoms with Gasteiger partial charge < -0.3 is 47.2 Å². The molecule has 1 aromatic heterocycles. The fourth-order valence-corrected chi connectivity index (χ4v) is 8.17. The zero-order valence-corrected chi connectivity index (χ0v) is 29.5. The first-order valence-electron chi connectivity index (χ1n) is 17.3. The van der Waals surface area contributed by atoms with Crippen LogP contribution in [0.4, 0.5) is 0 Å². The first-order valence-corrected chi connectivity index (χ1v) is 17.3. The fraction of sp³-hybridized carbons (Fsp3) is 0.262. The van der Waals surface area contributed by atoms with Crippen LogP contribution in [0.1, 0.15) is 39.8 Å². The first kappa shape index (κ1) is 32.7. The van der Waals surface area contributed by atoms with Crippen molar-refractivity contribution in [2.24, 2.45) is 11.8 Å². The van der Waals surface area contributed by atoms with Crippen LogP contribution in [-0.4, -0.2) is 52.1 Å². The minimum Gasteiger partial charge on any atom is -0.493 e. The predicted molar refractivity (Wildman–Crippen MR) is 194 cm³/mol. The molecule has 0 N–H and O–H groups in total. The Morgan fingerprint density at radius 3 is 2.19 bits per heavy atom. The normalized spacial score (nSPS) is 20.4. The van der Waals surface area contributed by atoms with E-state index in [0.29, 0.717) is 46.6 Å². The van der Waals surface area contributed by atoms with Crippen LogP contribution in [0.3, 0.4) is 0 Å². The predicted octanol–water partition coefficient (Wildman–Crippen LogP) is 7.39. The van der Waals surface area contributed by atoms with Gasteiger partial charge in [-0.15, -0.1) is 0 Å². The second-order valence-corrected chi connectivity index (χ2v) is 13.4.